The lowest BCUT2D eigenvalue weighted by Gasteiger charge is -2.06. The zero-order valence-corrected chi connectivity index (χ0v) is 9.07. The Balaban J connectivity index is 1.59. The van der Waals surface area contributed by atoms with Crippen molar-refractivity contribution in [1.29, 1.82) is 0 Å². The number of anilines is 2. The van der Waals surface area contributed by atoms with Crippen LogP contribution in [0, 0.1) is 5.92 Å². The summed E-state index contributed by atoms with van der Waals surface area (Å²) >= 11 is 0. The van der Waals surface area contributed by atoms with Crippen LogP contribution >= 0.6 is 0 Å². The molecule has 0 saturated heterocycles. The Kier molecular flexibility index (Phi) is 2.27. The highest BCUT2D eigenvalue weighted by Crippen LogP contribution is 2.30. The Labute approximate surface area is 94.5 Å². The monoisotopic (exact) mass is 217 g/mol. The molecular weight excluding hydrogens is 202 g/mol. The predicted molar refractivity (Wildman–Crippen MR) is 62.2 cm³/mol. The van der Waals surface area contributed by atoms with E-state index in [2.05, 4.69) is 15.6 Å². The fourth-order valence-electron chi connectivity index (χ4n) is 1.58. The van der Waals surface area contributed by atoms with E-state index in [9.17, 15) is 4.79 Å². The minimum absolute atomic E-state index is 0.129. The maximum Gasteiger partial charge on any atom is 0.227 e. The number of nitrogens with one attached hydrogen (secondary N) is 2. The van der Waals surface area contributed by atoms with Gasteiger partial charge in [-0.2, -0.15) is 0 Å². The minimum atomic E-state index is 0.129. The second-order valence-electron chi connectivity index (χ2n) is 4.61. The van der Waals surface area contributed by atoms with E-state index >= 15 is 0 Å². The molecule has 2 saturated carbocycles. The molecule has 0 atom stereocenters. The van der Waals surface area contributed by atoms with Crippen LogP contribution in [0.4, 0.5) is 11.5 Å². The third-order valence-corrected chi connectivity index (χ3v) is 2.91. The summed E-state index contributed by atoms with van der Waals surface area (Å²) in [5, 5.41) is 6.18. The largest absolute Gasteiger partial charge is 0.367 e. The maximum absolute atomic E-state index is 11.5. The van der Waals surface area contributed by atoms with Crippen molar-refractivity contribution in [3.63, 3.8) is 0 Å². The van der Waals surface area contributed by atoms with Gasteiger partial charge < -0.3 is 10.6 Å². The molecule has 4 heteroatoms. The van der Waals surface area contributed by atoms with E-state index < -0.39 is 0 Å². The van der Waals surface area contributed by atoms with Gasteiger partial charge in [0, 0.05) is 12.0 Å². The van der Waals surface area contributed by atoms with Crippen molar-refractivity contribution >= 4 is 17.4 Å². The van der Waals surface area contributed by atoms with Crippen LogP contribution in [0.15, 0.2) is 18.3 Å². The molecule has 0 aliphatic heterocycles. The zero-order valence-electron chi connectivity index (χ0n) is 9.07. The second kappa shape index (κ2) is 3.77. The van der Waals surface area contributed by atoms with Crippen LogP contribution in [0.2, 0.25) is 0 Å². The van der Waals surface area contributed by atoms with Crippen LogP contribution < -0.4 is 10.6 Å². The van der Waals surface area contributed by atoms with Gasteiger partial charge >= 0.3 is 0 Å². The molecule has 1 amide bonds. The van der Waals surface area contributed by atoms with Crippen molar-refractivity contribution in [1.82, 2.24) is 4.98 Å². The lowest BCUT2D eigenvalue weighted by Crippen LogP contribution is -2.13. The summed E-state index contributed by atoms with van der Waals surface area (Å²) in [4.78, 5) is 15.8. The smallest absolute Gasteiger partial charge is 0.227 e. The van der Waals surface area contributed by atoms with Crippen LogP contribution in [0.1, 0.15) is 25.7 Å². The molecule has 2 aliphatic carbocycles. The third kappa shape index (κ3) is 2.32. The van der Waals surface area contributed by atoms with E-state index in [4.69, 9.17) is 0 Å². The Morgan fingerprint density at radius 2 is 2.06 bits per heavy atom. The summed E-state index contributed by atoms with van der Waals surface area (Å²) in [6, 6.07) is 4.43. The van der Waals surface area contributed by atoms with E-state index in [1.165, 1.54) is 12.8 Å². The Morgan fingerprint density at radius 1 is 1.25 bits per heavy atom. The first-order chi connectivity index (χ1) is 7.81. The van der Waals surface area contributed by atoms with Crippen molar-refractivity contribution in [3.8, 4) is 0 Å². The molecule has 0 aromatic carbocycles. The highest BCUT2D eigenvalue weighted by Gasteiger charge is 2.29. The van der Waals surface area contributed by atoms with Gasteiger partial charge in [-0.05, 0) is 37.8 Å². The highest BCUT2D eigenvalue weighted by molar-refractivity contribution is 5.93. The molecule has 0 radical (unpaired) electrons. The van der Waals surface area contributed by atoms with Crippen LogP contribution in [-0.4, -0.2) is 16.9 Å². The number of carbonyl (C=O) groups is 1. The molecule has 2 N–H and O–H groups in total. The number of nitrogens with zero attached hydrogens (tertiary/aromatic N) is 1. The standard InChI is InChI=1S/C12H15N3O/c16-12(8-1-2-8)15-10-5-6-11(13-7-10)14-9-3-4-9/h5-9H,1-4H2,(H,13,14)(H,15,16). The number of amides is 1. The van der Waals surface area contributed by atoms with Gasteiger partial charge in [-0.1, -0.05) is 0 Å². The first kappa shape index (κ1) is 9.63. The molecule has 0 spiro atoms. The molecule has 84 valence electrons. The lowest BCUT2D eigenvalue weighted by atomic mass is 10.3. The van der Waals surface area contributed by atoms with Gasteiger partial charge in [0.1, 0.15) is 5.82 Å². The fraction of sp³-hybridized carbons (Fsp3) is 0.500. The van der Waals surface area contributed by atoms with E-state index in [-0.39, 0.29) is 11.8 Å². The molecule has 1 aromatic rings. The maximum atomic E-state index is 11.5. The molecule has 3 rings (SSSR count). The Bertz CT molecular complexity index is 393. The zero-order chi connectivity index (χ0) is 11.0. The van der Waals surface area contributed by atoms with E-state index in [1.807, 2.05) is 12.1 Å². The second-order valence-corrected chi connectivity index (χ2v) is 4.61. The summed E-state index contributed by atoms with van der Waals surface area (Å²) in [6.07, 6.45) is 6.25. The number of aromatic nitrogens is 1. The van der Waals surface area contributed by atoms with Crippen LogP contribution in [0.5, 0.6) is 0 Å². The molecule has 0 bridgehead atoms. The van der Waals surface area contributed by atoms with Gasteiger partial charge in [-0.15, -0.1) is 0 Å². The molecular formula is C12H15N3O. The van der Waals surface area contributed by atoms with Crippen molar-refractivity contribution < 1.29 is 4.79 Å². The first-order valence-electron chi connectivity index (χ1n) is 5.85. The number of carbonyl (C=O) groups excluding carboxylic acids is 1. The van der Waals surface area contributed by atoms with Gasteiger partial charge in [0.15, 0.2) is 0 Å². The van der Waals surface area contributed by atoms with E-state index in [0.717, 1.165) is 24.3 Å². The van der Waals surface area contributed by atoms with Gasteiger partial charge in [-0.3, -0.25) is 4.79 Å². The Morgan fingerprint density at radius 3 is 2.62 bits per heavy atom. The van der Waals surface area contributed by atoms with Crippen LogP contribution in [0.25, 0.3) is 0 Å². The van der Waals surface area contributed by atoms with Crippen molar-refractivity contribution in [2.24, 2.45) is 5.92 Å². The van der Waals surface area contributed by atoms with Gasteiger partial charge in [0.2, 0.25) is 5.91 Å². The lowest BCUT2D eigenvalue weighted by molar-refractivity contribution is -0.117. The molecule has 1 aromatic heterocycles. The molecule has 16 heavy (non-hydrogen) atoms. The van der Waals surface area contributed by atoms with E-state index in [1.54, 1.807) is 6.20 Å². The summed E-state index contributed by atoms with van der Waals surface area (Å²) in [5.74, 6) is 1.26. The fourth-order valence-corrected chi connectivity index (χ4v) is 1.58. The normalized spacial score (nSPS) is 19.2. The average molecular weight is 217 g/mol. The quantitative estimate of drug-likeness (QED) is 0.811. The number of hydrogen-bond acceptors (Lipinski definition) is 3. The summed E-state index contributed by atoms with van der Waals surface area (Å²) in [7, 11) is 0. The molecule has 0 unspecified atom stereocenters. The molecule has 2 fully saturated rings. The number of pyridine rings is 1. The van der Waals surface area contributed by atoms with Crippen LogP contribution in [0.3, 0.4) is 0 Å². The predicted octanol–water partition coefficient (Wildman–Crippen LogP) is 2.00. The molecule has 4 nitrogen and oxygen atoms in total. The summed E-state index contributed by atoms with van der Waals surface area (Å²) in [6.45, 7) is 0. The third-order valence-electron chi connectivity index (χ3n) is 2.91. The SMILES string of the molecule is O=C(Nc1ccc(NC2CC2)nc1)C1CC1. The van der Waals surface area contributed by atoms with Gasteiger partial charge in [-0.25, -0.2) is 4.98 Å². The van der Waals surface area contributed by atoms with Crippen molar-refractivity contribution in [3.05, 3.63) is 18.3 Å². The minimum Gasteiger partial charge on any atom is -0.367 e. The van der Waals surface area contributed by atoms with Crippen molar-refractivity contribution in [2.75, 3.05) is 10.6 Å². The van der Waals surface area contributed by atoms with Crippen molar-refractivity contribution in [2.45, 2.75) is 31.7 Å². The topological polar surface area (TPSA) is 54.0 Å². The Hall–Kier alpha value is -1.58. The van der Waals surface area contributed by atoms with E-state index in [0.29, 0.717) is 6.04 Å². The number of hydrogen-bond donors (Lipinski definition) is 2. The summed E-state index contributed by atoms with van der Waals surface area (Å²) < 4.78 is 0. The molecule has 1 heterocycles. The van der Waals surface area contributed by atoms with Gasteiger partial charge in [0.05, 0.1) is 11.9 Å². The summed E-state index contributed by atoms with van der Waals surface area (Å²) in [5.41, 5.74) is 0.790. The van der Waals surface area contributed by atoms with Gasteiger partial charge in [0.25, 0.3) is 0 Å². The van der Waals surface area contributed by atoms with Crippen LogP contribution in [-0.2, 0) is 4.79 Å². The highest BCUT2D eigenvalue weighted by atomic mass is 16.2. The first-order valence-corrected chi connectivity index (χ1v) is 5.85. The number of rotatable bonds is 4. The average Bonchev–Trinajstić information content (AvgIpc) is 3.15. The molecule has 2 aliphatic rings.